The number of amides is 1. The summed E-state index contributed by atoms with van der Waals surface area (Å²) in [7, 11) is 0. The van der Waals surface area contributed by atoms with Gasteiger partial charge in [0.2, 0.25) is 0 Å². The van der Waals surface area contributed by atoms with E-state index in [4.69, 9.17) is 4.42 Å². The summed E-state index contributed by atoms with van der Waals surface area (Å²) in [5.74, 6) is 0.539. The number of carbonyl (C=O) groups is 1. The lowest BCUT2D eigenvalue weighted by atomic mass is 10.4. The van der Waals surface area contributed by atoms with E-state index in [9.17, 15) is 4.79 Å². The Bertz CT molecular complexity index is 657. The first-order valence-electron chi connectivity index (χ1n) is 5.63. The lowest BCUT2D eigenvalue weighted by Crippen LogP contribution is -2.22. The molecule has 96 valence electrons. The molecule has 3 aromatic heterocycles. The van der Waals surface area contributed by atoms with Crippen molar-refractivity contribution in [3.8, 4) is 9.88 Å². The first-order chi connectivity index (χ1) is 9.33. The van der Waals surface area contributed by atoms with Crippen molar-refractivity contribution in [3.05, 3.63) is 52.7 Å². The average Bonchev–Trinajstić information content (AvgIpc) is 3.14. The van der Waals surface area contributed by atoms with Crippen LogP contribution in [0.4, 0.5) is 0 Å². The van der Waals surface area contributed by atoms with E-state index in [1.54, 1.807) is 29.0 Å². The molecule has 0 atom stereocenters. The first-order valence-corrected chi connectivity index (χ1v) is 7.39. The highest BCUT2D eigenvalue weighted by Gasteiger charge is 2.12. The van der Waals surface area contributed by atoms with Crippen molar-refractivity contribution in [3.63, 3.8) is 0 Å². The van der Waals surface area contributed by atoms with E-state index in [0.29, 0.717) is 12.2 Å². The number of nitrogens with one attached hydrogen (secondary N) is 1. The van der Waals surface area contributed by atoms with Gasteiger partial charge in [0, 0.05) is 5.38 Å². The Kier molecular flexibility index (Phi) is 3.43. The third kappa shape index (κ3) is 2.74. The van der Waals surface area contributed by atoms with Crippen LogP contribution < -0.4 is 5.32 Å². The van der Waals surface area contributed by atoms with Gasteiger partial charge in [-0.05, 0) is 23.6 Å². The van der Waals surface area contributed by atoms with Gasteiger partial charge in [0.25, 0.3) is 5.91 Å². The van der Waals surface area contributed by atoms with Gasteiger partial charge < -0.3 is 9.73 Å². The highest BCUT2D eigenvalue weighted by Crippen LogP contribution is 2.27. The number of thiazole rings is 1. The molecule has 3 heterocycles. The quantitative estimate of drug-likeness (QED) is 0.801. The van der Waals surface area contributed by atoms with Gasteiger partial charge in [0.05, 0.1) is 17.7 Å². The van der Waals surface area contributed by atoms with Crippen molar-refractivity contribution in [2.75, 3.05) is 0 Å². The van der Waals surface area contributed by atoms with Crippen molar-refractivity contribution >= 4 is 28.6 Å². The van der Waals surface area contributed by atoms with E-state index in [-0.39, 0.29) is 5.91 Å². The number of hydrogen-bond acceptors (Lipinski definition) is 5. The minimum atomic E-state index is -0.185. The molecule has 0 bridgehead atoms. The molecule has 19 heavy (non-hydrogen) atoms. The van der Waals surface area contributed by atoms with E-state index in [1.165, 1.54) is 11.3 Å². The number of hydrogen-bond donors (Lipinski definition) is 1. The molecule has 0 spiro atoms. The fourth-order valence-electron chi connectivity index (χ4n) is 1.56. The van der Waals surface area contributed by atoms with Crippen LogP contribution in [-0.2, 0) is 6.54 Å². The number of rotatable bonds is 4. The number of carbonyl (C=O) groups excluding carboxylic acids is 1. The van der Waals surface area contributed by atoms with Crippen LogP contribution in [0.2, 0.25) is 0 Å². The summed E-state index contributed by atoms with van der Waals surface area (Å²) in [6, 6.07) is 7.57. The molecule has 6 heteroatoms. The van der Waals surface area contributed by atoms with E-state index < -0.39 is 0 Å². The molecule has 1 amide bonds. The van der Waals surface area contributed by atoms with Gasteiger partial charge in [-0.15, -0.1) is 22.7 Å². The molecule has 0 unspecified atom stereocenters. The molecule has 3 rings (SSSR count). The Morgan fingerprint density at radius 3 is 3.00 bits per heavy atom. The van der Waals surface area contributed by atoms with Crippen LogP contribution in [-0.4, -0.2) is 10.9 Å². The maximum atomic E-state index is 11.9. The molecule has 0 radical (unpaired) electrons. The Labute approximate surface area is 117 Å². The van der Waals surface area contributed by atoms with Crippen molar-refractivity contribution < 1.29 is 9.21 Å². The van der Waals surface area contributed by atoms with Crippen molar-refractivity contribution in [2.45, 2.75) is 6.54 Å². The Morgan fingerprint density at radius 1 is 1.32 bits per heavy atom. The molecule has 4 nitrogen and oxygen atoms in total. The normalized spacial score (nSPS) is 10.5. The predicted octanol–water partition coefficient (Wildman–Crippen LogP) is 3.39. The van der Waals surface area contributed by atoms with Gasteiger partial charge in [-0.3, -0.25) is 4.79 Å². The molecule has 0 aromatic carbocycles. The van der Waals surface area contributed by atoms with Crippen molar-refractivity contribution in [1.29, 1.82) is 0 Å². The SMILES string of the molecule is O=C(NCc1ccco1)c1csc(-c2cccs2)n1. The number of furan rings is 1. The van der Waals surface area contributed by atoms with Crippen LogP contribution in [0, 0.1) is 0 Å². The highest BCUT2D eigenvalue weighted by molar-refractivity contribution is 7.20. The van der Waals surface area contributed by atoms with E-state index in [0.717, 1.165) is 15.6 Å². The average molecular weight is 290 g/mol. The predicted molar refractivity (Wildman–Crippen MR) is 75.3 cm³/mol. The highest BCUT2D eigenvalue weighted by atomic mass is 32.1. The lowest BCUT2D eigenvalue weighted by Gasteiger charge is -1.99. The molecule has 0 saturated carbocycles. The Balaban J connectivity index is 1.67. The minimum Gasteiger partial charge on any atom is -0.467 e. The van der Waals surface area contributed by atoms with Gasteiger partial charge >= 0.3 is 0 Å². The fraction of sp³-hybridized carbons (Fsp3) is 0.0769. The van der Waals surface area contributed by atoms with Crippen LogP contribution in [0.15, 0.2) is 45.7 Å². The molecule has 0 saturated heterocycles. The van der Waals surface area contributed by atoms with E-state index in [1.807, 2.05) is 23.6 Å². The second kappa shape index (κ2) is 5.38. The van der Waals surface area contributed by atoms with Crippen LogP contribution in [0.5, 0.6) is 0 Å². The number of thiophene rings is 1. The van der Waals surface area contributed by atoms with Crippen molar-refractivity contribution in [1.82, 2.24) is 10.3 Å². The first kappa shape index (κ1) is 12.1. The standard InChI is InChI=1S/C13H10N2O2S2/c16-12(14-7-9-3-1-5-17-9)10-8-19-13(15-10)11-4-2-6-18-11/h1-6,8H,7H2,(H,14,16). The van der Waals surface area contributed by atoms with Gasteiger partial charge in [-0.1, -0.05) is 6.07 Å². The third-order valence-electron chi connectivity index (χ3n) is 2.47. The van der Waals surface area contributed by atoms with E-state index >= 15 is 0 Å². The van der Waals surface area contributed by atoms with E-state index in [2.05, 4.69) is 10.3 Å². The Hall–Kier alpha value is -1.92. The summed E-state index contributed by atoms with van der Waals surface area (Å²) in [5, 5.41) is 7.41. The second-order valence-corrected chi connectivity index (χ2v) is 5.58. The molecular weight excluding hydrogens is 280 g/mol. The van der Waals surface area contributed by atoms with Gasteiger partial charge in [-0.25, -0.2) is 4.98 Å². The molecule has 0 aliphatic carbocycles. The van der Waals surface area contributed by atoms with Crippen molar-refractivity contribution in [2.24, 2.45) is 0 Å². The zero-order chi connectivity index (χ0) is 13.1. The van der Waals surface area contributed by atoms with Crippen LogP contribution in [0.3, 0.4) is 0 Å². The number of nitrogens with zero attached hydrogens (tertiary/aromatic N) is 1. The van der Waals surface area contributed by atoms with Crippen LogP contribution in [0.25, 0.3) is 9.88 Å². The summed E-state index contributed by atoms with van der Waals surface area (Å²) >= 11 is 3.09. The zero-order valence-corrected chi connectivity index (χ0v) is 11.5. The summed E-state index contributed by atoms with van der Waals surface area (Å²) < 4.78 is 5.15. The largest absolute Gasteiger partial charge is 0.467 e. The molecule has 0 aliphatic heterocycles. The molecule has 3 aromatic rings. The second-order valence-electron chi connectivity index (χ2n) is 3.78. The molecule has 0 fully saturated rings. The monoisotopic (exact) mass is 290 g/mol. The summed E-state index contributed by atoms with van der Waals surface area (Å²) in [4.78, 5) is 17.3. The summed E-state index contributed by atoms with van der Waals surface area (Å²) in [5.41, 5.74) is 0.444. The van der Waals surface area contributed by atoms with Gasteiger partial charge in [0.15, 0.2) is 0 Å². The lowest BCUT2D eigenvalue weighted by molar-refractivity contribution is 0.0944. The summed E-state index contributed by atoms with van der Waals surface area (Å²) in [6.07, 6.45) is 1.58. The maximum Gasteiger partial charge on any atom is 0.271 e. The van der Waals surface area contributed by atoms with Gasteiger partial charge in [-0.2, -0.15) is 0 Å². The van der Waals surface area contributed by atoms with Crippen LogP contribution >= 0.6 is 22.7 Å². The maximum absolute atomic E-state index is 11.9. The molecule has 1 N–H and O–H groups in total. The van der Waals surface area contributed by atoms with Crippen LogP contribution in [0.1, 0.15) is 16.2 Å². The zero-order valence-electron chi connectivity index (χ0n) is 9.83. The van der Waals surface area contributed by atoms with Gasteiger partial charge in [0.1, 0.15) is 16.5 Å². The fourth-order valence-corrected chi connectivity index (χ4v) is 3.18. The molecule has 0 aliphatic rings. The third-order valence-corrected chi connectivity index (χ3v) is 4.35. The topological polar surface area (TPSA) is 55.1 Å². The number of aromatic nitrogens is 1. The molecular formula is C13H10N2O2S2. The smallest absolute Gasteiger partial charge is 0.271 e. The minimum absolute atomic E-state index is 0.185. The Morgan fingerprint density at radius 2 is 2.26 bits per heavy atom. The summed E-state index contributed by atoms with van der Waals surface area (Å²) in [6.45, 7) is 0.373.